The summed E-state index contributed by atoms with van der Waals surface area (Å²) in [7, 11) is 0. The Labute approximate surface area is 86.0 Å². The molecule has 0 radical (unpaired) electrons. The van der Waals surface area contributed by atoms with Gasteiger partial charge < -0.3 is 0 Å². The average molecular weight is 216 g/mol. The Kier molecular flexibility index (Phi) is 3.24. The third kappa shape index (κ3) is 2.32. The van der Waals surface area contributed by atoms with Gasteiger partial charge in [0.25, 0.3) is 0 Å². The Balaban J connectivity index is 2.79. The SMILES string of the molecule is Cc1cc(C)n(C(=O)NC(=O)CCl)n1. The van der Waals surface area contributed by atoms with Gasteiger partial charge in [0.05, 0.1) is 5.69 Å². The predicted octanol–water partition coefficient (Wildman–Crippen LogP) is 0.823. The van der Waals surface area contributed by atoms with Crippen molar-refractivity contribution in [1.29, 1.82) is 0 Å². The number of rotatable bonds is 1. The summed E-state index contributed by atoms with van der Waals surface area (Å²) in [6.07, 6.45) is 0. The minimum Gasteiger partial charge on any atom is -0.275 e. The standard InChI is InChI=1S/C8H10ClN3O2/c1-5-3-6(2)12(11-5)8(14)10-7(13)4-9/h3H,4H2,1-2H3,(H,10,13,14). The van der Waals surface area contributed by atoms with Crippen molar-refractivity contribution in [3.8, 4) is 0 Å². The summed E-state index contributed by atoms with van der Waals surface area (Å²) in [6.45, 7) is 3.49. The largest absolute Gasteiger partial charge is 0.348 e. The van der Waals surface area contributed by atoms with E-state index in [1.165, 1.54) is 0 Å². The number of hydrogen-bond donors (Lipinski definition) is 1. The van der Waals surface area contributed by atoms with Crippen LogP contribution < -0.4 is 5.32 Å². The van der Waals surface area contributed by atoms with E-state index in [2.05, 4.69) is 10.4 Å². The second-order valence-corrected chi connectivity index (χ2v) is 3.09. The maximum absolute atomic E-state index is 11.4. The van der Waals surface area contributed by atoms with Gasteiger partial charge in [-0.15, -0.1) is 11.6 Å². The molecule has 14 heavy (non-hydrogen) atoms. The highest BCUT2D eigenvalue weighted by Gasteiger charge is 2.12. The highest BCUT2D eigenvalue weighted by Crippen LogP contribution is 2.00. The quantitative estimate of drug-likeness (QED) is 0.706. The molecule has 1 aromatic rings. The number of aryl methyl sites for hydroxylation is 2. The van der Waals surface area contributed by atoms with Gasteiger partial charge in [-0.1, -0.05) is 0 Å². The number of carbonyl (C=O) groups is 2. The van der Waals surface area contributed by atoms with E-state index < -0.39 is 11.9 Å². The van der Waals surface area contributed by atoms with Crippen LogP contribution in [0.5, 0.6) is 0 Å². The molecule has 0 aliphatic carbocycles. The van der Waals surface area contributed by atoms with Crippen LogP contribution in [0.4, 0.5) is 4.79 Å². The molecule has 5 nitrogen and oxygen atoms in total. The van der Waals surface area contributed by atoms with Gasteiger partial charge in [0.2, 0.25) is 5.91 Å². The lowest BCUT2D eigenvalue weighted by Crippen LogP contribution is -2.36. The molecule has 0 saturated heterocycles. The lowest BCUT2D eigenvalue weighted by molar-refractivity contribution is -0.117. The molecule has 0 bridgehead atoms. The van der Waals surface area contributed by atoms with Crippen LogP contribution in [-0.2, 0) is 4.79 Å². The van der Waals surface area contributed by atoms with Crippen LogP contribution in [0.25, 0.3) is 0 Å². The van der Waals surface area contributed by atoms with Crippen molar-refractivity contribution in [2.24, 2.45) is 0 Å². The molecular formula is C8H10ClN3O2. The number of alkyl halides is 1. The third-order valence-electron chi connectivity index (χ3n) is 1.57. The first-order chi connectivity index (χ1) is 6.54. The Morgan fingerprint density at radius 3 is 2.64 bits per heavy atom. The first-order valence-electron chi connectivity index (χ1n) is 3.98. The maximum atomic E-state index is 11.4. The maximum Gasteiger partial charge on any atom is 0.348 e. The zero-order chi connectivity index (χ0) is 10.7. The van der Waals surface area contributed by atoms with Crippen LogP contribution in [-0.4, -0.2) is 27.6 Å². The highest BCUT2D eigenvalue weighted by molar-refractivity contribution is 6.28. The number of aromatic nitrogens is 2. The van der Waals surface area contributed by atoms with Crippen LogP contribution in [0.1, 0.15) is 11.4 Å². The third-order valence-corrected chi connectivity index (χ3v) is 1.81. The van der Waals surface area contributed by atoms with Crippen molar-refractivity contribution >= 4 is 23.5 Å². The van der Waals surface area contributed by atoms with Crippen molar-refractivity contribution < 1.29 is 9.59 Å². The van der Waals surface area contributed by atoms with Crippen molar-refractivity contribution in [2.45, 2.75) is 13.8 Å². The number of hydrogen-bond acceptors (Lipinski definition) is 3. The lowest BCUT2D eigenvalue weighted by atomic mass is 10.4. The molecular weight excluding hydrogens is 206 g/mol. The van der Waals surface area contributed by atoms with Gasteiger partial charge >= 0.3 is 6.03 Å². The van der Waals surface area contributed by atoms with Gasteiger partial charge in [-0.25, -0.2) is 4.79 Å². The Morgan fingerprint density at radius 1 is 1.57 bits per heavy atom. The fraction of sp³-hybridized carbons (Fsp3) is 0.375. The molecule has 0 atom stereocenters. The first-order valence-corrected chi connectivity index (χ1v) is 4.51. The van der Waals surface area contributed by atoms with Crippen LogP contribution >= 0.6 is 11.6 Å². The zero-order valence-corrected chi connectivity index (χ0v) is 8.63. The van der Waals surface area contributed by atoms with E-state index in [4.69, 9.17) is 11.6 Å². The molecule has 0 fully saturated rings. The summed E-state index contributed by atoms with van der Waals surface area (Å²) in [4.78, 5) is 22.2. The predicted molar refractivity (Wildman–Crippen MR) is 51.4 cm³/mol. The van der Waals surface area contributed by atoms with E-state index >= 15 is 0 Å². The topological polar surface area (TPSA) is 64.0 Å². The average Bonchev–Trinajstić information content (AvgIpc) is 2.45. The van der Waals surface area contributed by atoms with Crippen LogP contribution in [0, 0.1) is 13.8 Å². The fourth-order valence-electron chi connectivity index (χ4n) is 1.04. The molecule has 0 aliphatic heterocycles. The zero-order valence-electron chi connectivity index (χ0n) is 7.87. The summed E-state index contributed by atoms with van der Waals surface area (Å²) >= 11 is 5.23. The molecule has 1 heterocycles. The van der Waals surface area contributed by atoms with Gasteiger partial charge in [-0.3, -0.25) is 10.1 Å². The summed E-state index contributed by atoms with van der Waals surface area (Å²) in [6, 6.07) is 1.16. The molecule has 0 aromatic carbocycles. The monoisotopic (exact) mass is 215 g/mol. The second-order valence-electron chi connectivity index (χ2n) is 2.83. The summed E-state index contributed by atoms with van der Waals surface area (Å²) in [5, 5.41) is 6.00. The number of nitrogens with zero attached hydrogens (tertiary/aromatic N) is 2. The number of amides is 2. The molecule has 1 aromatic heterocycles. The first kappa shape index (κ1) is 10.7. The normalized spacial score (nSPS) is 9.93. The van der Waals surface area contributed by atoms with Crippen molar-refractivity contribution in [1.82, 2.24) is 15.1 Å². The summed E-state index contributed by atoms with van der Waals surface area (Å²) in [5.74, 6) is -0.783. The van der Waals surface area contributed by atoms with Gasteiger partial charge in [-0.05, 0) is 19.9 Å². The van der Waals surface area contributed by atoms with E-state index in [1.54, 1.807) is 19.9 Å². The molecule has 1 N–H and O–H groups in total. The minimum atomic E-state index is -0.582. The van der Waals surface area contributed by atoms with Crippen molar-refractivity contribution in [3.05, 3.63) is 17.5 Å². The van der Waals surface area contributed by atoms with Gasteiger partial charge in [-0.2, -0.15) is 9.78 Å². The second kappa shape index (κ2) is 4.23. The van der Waals surface area contributed by atoms with E-state index in [0.29, 0.717) is 5.69 Å². The van der Waals surface area contributed by atoms with Gasteiger partial charge in [0, 0.05) is 5.69 Å². The van der Waals surface area contributed by atoms with Crippen LogP contribution in [0.3, 0.4) is 0 Å². The van der Waals surface area contributed by atoms with E-state index in [-0.39, 0.29) is 5.88 Å². The van der Waals surface area contributed by atoms with E-state index in [0.717, 1.165) is 10.4 Å². The van der Waals surface area contributed by atoms with Crippen LogP contribution in [0.2, 0.25) is 0 Å². The minimum absolute atomic E-state index is 0.245. The smallest absolute Gasteiger partial charge is 0.275 e. The number of imide groups is 1. The molecule has 2 amide bonds. The highest BCUT2D eigenvalue weighted by atomic mass is 35.5. The Bertz CT molecular complexity index is 373. The molecule has 6 heteroatoms. The number of nitrogens with one attached hydrogen (secondary N) is 1. The number of halogens is 1. The molecule has 76 valence electrons. The van der Waals surface area contributed by atoms with Gasteiger partial charge in [0.15, 0.2) is 0 Å². The van der Waals surface area contributed by atoms with E-state index in [1.807, 2.05) is 0 Å². The molecule has 0 unspecified atom stereocenters. The van der Waals surface area contributed by atoms with Crippen molar-refractivity contribution in [2.75, 3.05) is 5.88 Å². The number of carbonyl (C=O) groups excluding carboxylic acids is 2. The van der Waals surface area contributed by atoms with Gasteiger partial charge in [0.1, 0.15) is 5.88 Å². The van der Waals surface area contributed by atoms with Crippen molar-refractivity contribution in [3.63, 3.8) is 0 Å². The summed E-state index contributed by atoms with van der Waals surface area (Å²) in [5.41, 5.74) is 1.39. The van der Waals surface area contributed by atoms with Crippen LogP contribution in [0.15, 0.2) is 6.07 Å². The molecule has 0 aliphatic rings. The lowest BCUT2D eigenvalue weighted by Gasteiger charge is -2.02. The molecule has 0 saturated carbocycles. The molecule has 0 spiro atoms. The van der Waals surface area contributed by atoms with E-state index in [9.17, 15) is 9.59 Å². The molecule has 1 rings (SSSR count). The summed E-state index contributed by atoms with van der Waals surface area (Å²) < 4.78 is 1.12. The Morgan fingerprint density at radius 2 is 2.21 bits per heavy atom. The fourth-order valence-corrected chi connectivity index (χ4v) is 1.11. The Hall–Kier alpha value is -1.36.